The Bertz CT molecular complexity index is 728. The van der Waals surface area contributed by atoms with E-state index < -0.39 is 16.2 Å². The van der Waals surface area contributed by atoms with Gasteiger partial charge in [0.25, 0.3) is 0 Å². The van der Waals surface area contributed by atoms with Crippen LogP contribution in [0, 0.1) is 10.1 Å². The van der Waals surface area contributed by atoms with Crippen LogP contribution in [0.5, 0.6) is 5.88 Å². The molecule has 0 unspecified atom stereocenters. The van der Waals surface area contributed by atoms with Crippen LogP contribution < -0.4 is 10.3 Å². The SMILES string of the molecule is CCCCCCSc1nn2c(=O)c([N+](=O)[O-])c(OC)nc2s1. The number of thioether (sulfide) groups is 1. The molecule has 0 spiro atoms. The van der Waals surface area contributed by atoms with Crippen LogP contribution in [-0.2, 0) is 0 Å². The van der Waals surface area contributed by atoms with Gasteiger partial charge in [0.2, 0.25) is 4.96 Å². The number of nitrogens with zero attached hydrogens (tertiary/aromatic N) is 4. The van der Waals surface area contributed by atoms with Crippen LogP contribution in [0.4, 0.5) is 5.69 Å². The largest absolute Gasteiger partial charge is 0.476 e. The molecule has 10 heteroatoms. The summed E-state index contributed by atoms with van der Waals surface area (Å²) in [5.74, 6) is 0.617. The molecule has 0 aromatic carbocycles. The molecule has 2 rings (SSSR count). The molecule has 2 aromatic rings. The molecule has 22 heavy (non-hydrogen) atoms. The van der Waals surface area contributed by atoms with E-state index in [2.05, 4.69) is 17.0 Å². The topological polar surface area (TPSA) is 99.6 Å². The average Bonchev–Trinajstić information content (AvgIpc) is 2.89. The van der Waals surface area contributed by atoms with Crippen molar-refractivity contribution in [2.24, 2.45) is 0 Å². The average molecular weight is 344 g/mol. The van der Waals surface area contributed by atoms with Gasteiger partial charge in [-0.3, -0.25) is 14.9 Å². The minimum absolute atomic E-state index is 0.279. The smallest absolute Gasteiger partial charge is 0.397 e. The predicted octanol–water partition coefficient (Wildman–Crippen LogP) is 2.74. The second-order valence-corrected chi connectivity index (χ2v) is 6.80. The second kappa shape index (κ2) is 7.54. The number of nitro groups is 1. The Morgan fingerprint density at radius 2 is 2.18 bits per heavy atom. The van der Waals surface area contributed by atoms with Crippen LogP contribution >= 0.6 is 23.1 Å². The van der Waals surface area contributed by atoms with Crippen molar-refractivity contribution in [3.63, 3.8) is 0 Å². The lowest BCUT2D eigenvalue weighted by molar-refractivity contribution is -0.387. The van der Waals surface area contributed by atoms with E-state index in [9.17, 15) is 14.9 Å². The fourth-order valence-corrected chi connectivity index (χ4v) is 3.83. The Labute approximate surface area is 134 Å². The maximum atomic E-state index is 12.1. The van der Waals surface area contributed by atoms with E-state index in [0.29, 0.717) is 9.30 Å². The zero-order valence-electron chi connectivity index (χ0n) is 12.3. The Balaban J connectivity index is 2.25. The molecule has 0 aliphatic rings. The molecule has 0 aliphatic carbocycles. The molecule has 0 atom stereocenters. The zero-order chi connectivity index (χ0) is 16.1. The van der Waals surface area contributed by atoms with Crippen molar-refractivity contribution in [3.05, 3.63) is 20.5 Å². The minimum atomic E-state index is -0.819. The fourth-order valence-electron chi connectivity index (χ4n) is 1.85. The van der Waals surface area contributed by atoms with Crippen LogP contribution in [-0.4, -0.2) is 32.4 Å². The molecular formula is C12H16N4O4S2. The van der Waals surface area contributed by atoms with Crippen LogP contribution in [0.25, 0.3) is 4.96 Å². The number of hydrogen-bond donors (Lipinski definition) is 0. The highest BCUT2D eigenvalue weighted by molar-refractivity contribution is 8.01. The van der Waals surface area contributed by atoms with Gasteiger partial charge in [0, 0.05) is 5.75 Å². The highest BCUT2D eigenvalue weighted by Gasteiger charge is 2.26. The molecular weight excluding hydrogens is 328 g/mol. The quantitative estimate of drug-likeness (QED) is 0.314. The molecule has 8 nitrogen and oxygen atoms in total. The third-order valence-corrected chi connectivity index (χ3v) is 5.06. The molecule has 120 valence electrons. The number of unbranched alkanes of at least 4 members (excludes halogenated alkanes) is 3. The van der Waals surface area contributed by atoms with Gasteiger partial charge in [-0.15, -0.1) is 5.10 Å². The molecule has 0 amide bonds. The lowest BCUT2D eigenvalue weighted by Gasteiger charge is -1.98. The molecule has 0 saturated carbocycles. The van der Waals surface area contributed by atoms with Gasteiger partial charge in [-0.2, -0.15) is 9.50 Å². The summed E-state index contributed by atoms with van der Waals surface area (Å²) < 4.78 is 6.48. The monoisotopic (exact) mass is 344 g/mol. The van der Waals surface area contributed by atoms with E-state index in [1.54, 1.807) is 0 Å². The van der Waals surface area contributed by atoms with Crippen LogP contribution in [0.1, 0.15) is 32.6 Å². The van der Waals surface area contributed by atoms with Gasteiger partial charge in [0.1, 0.15) is 0 Å². The third kappa shape index (κ3) is 3.55. The summed E-state index contributed by atoms with van der Waals surface area (Å²) in [5, 5.41) is 15.1. The lowest BCUT2D eigenvalue weighted by atomic mass is 10.2. The Morgan fingerprint density at radius 1 is 1.41 bits per heavy atom. The number of ether oxygens (including phenoxy) is 1. The summed E-state index contributed by atoms with van der Waals surface area (Å²) >= 11 is 2.76. The van der Waals surface area contributed by atoms with Gasteiger partial charge >= 0.3 is 17.1 Å². The highest BCUT2D eigenvalue weighted by atomic mass is 32.2. The van der Waals surface area contributed by atoms with Crippen LogP contribution in [0.15, 0.2) is 9.13 Å². The van der Waals surface area contributed by atoms with Gasteiger partial charge in [0.15, 0.2) is 4.34 Å². The summed E-state index contributed by atoms with van der Waals surface area (Å²) in [5.41, 5.74) is -1.51. The lowest BCUT2D eigenvalue weighted by Crippen LogP contribution is -2.19. The molecule has 0 aliphatic heterocycles. The zero-order valence-corrected chi connectivity index (χ0v) is 13.9. The normalized spacial score (nSPS) is 11.0. The summed E-state index contributed by atoms with van der Waals surface area (Å²) in [7, 11) is 1.25. The van der Waals surface area contributed by atoms with Gasteiger partial charge < -0.3 is 4.74 Å². The first-order valence-corrected chi connectivity index (χ1v) is 8.63. The molecule has 0 N–H and O–H groups in total. The van der Waals surface area contributed by atoms with Crippen molar-refractivity contribution in [1.29, 1.82) is 0 Å². The molecule has 2 heterocycles. The minimum Gasteiger partial charge on any atom is -0.476 e. The van der Waals surface area contributed by atoms with Crippen molar-refractivity contribution in [1.82, 2.24) is 14.6 Å². The Hall–Kier alpha value is -1.68. The van der Waals surface area contributed by atoms with E-state index in [1.807, 2.05) is 0 Å². The van der Waals surface area contributed by atoms with Crippen molar-refractivity contribution in [3.8, 4) is 5.88 Å². The first-order chi connectivity index (χ1) is 10.6. The van der Waals surface area contributed by atoms with E-state index in [4.69, 9.17) is 4.74 Å². The number of fused-ring (bicyclic) bond motifs is 1. The van der Waals surface area contributed by atoms with Gasteiger partial charge in [-0.1, -0.05) is 49.3 Å². The summed E-state index contributed by atoms with van der Waals surface area (Å²) in [6, 6.07) is 0. The number of methoxy groups -OCH3 is 1. The van der Waals surface area contributed by atoms with Gasteiger partial charge in [0.05, 0.1) is 12.0 Å². The highest BCUT2D eigenvalue weighted by Crippen LogP contribution is 2.27. The van der Waals surface area contributed by atoms with Crippen molar-refractivity contribution in [2.45, 2.75) is 36.9 Å². The van der Waals surface area contributed by atoms with Crippen LogP contribution in [0.3, 0.4) is 0 Å². The molecule has 0 fully saturated rings. The molecule has 2 aromatic heterocycles. The van der Waals surface area contributed by atoms with Crippen molar-refractivity contribution in [2.75, 3.05) is 12.9 Å². The first kappa shape index (κ1) is 16.7. The van der Waals surface area contributed by atoms with Crippen LogP contribution in [0.2, 0.25) is 0 Å². The Morgan fingerprint density at radius 3 is 2.82 bits per heavy atom. The predicted molar refractivity (Wildman–Crippen MR) is 85.2 cm³/mol. The van der Waals surface area contributed by atoms with Gasteiger partial charge in [-0.25, -0.2) is 0 Å². The summed E-state index contributed by atoms with van der Waals surface area (Å²) in [6.07, 6.45) is 4.60. The van der Waals surface area contributed by atoms with E-state index in [1.165, 1.54) is 43.1 Å². The number of aromatic nitrogens is 3. The number of rotatable bonds is 8. The molecule has 0 radical (unpaired) electrons. The van der Waals surface area contributed by atoms with Crippen molar-refractivity contribution >= 4 is 33.7 Å². The van der Waals surface area contributed by atoms with E-state index >= 15 is 0 Å². The molecule has 0 saturated heterocycles. The summed E-state index contributed by atoms with van der Waals surface area (Å²) in [6.45, 7) is 2.15. The second-order valence-electron chi connectivity index (χ2n) is 4.50. The Kier molecular flexibility index (Phi) is 5.72. The molecule has 0 bridgehead atoms. The standard InChI is InChI=1S/C12H16N4O4S2/c1-3-4-5-6-7-21-12-14-15-10(17)8(16(18)19)9(20-2)13-11(15)22-12/h3-7H2,1-2H3. The number of hydrogen-bond acceptors (Lipinski definition) is 8. The first-order valence-electron chi connectivity index (χ1n) is 6.83. The third-order valence-electron chi connectivity index (χ3n) is 2.94. The van der Waals surface area contributed by atoms with Gasteiger partial charge in [-0.05, 0) is 6.42 Å². The van der Waals surface area contributed by atoms with E-state index in [0.717, 1.165) is 23.1 Å². The maximum Gasteiger partial charge on any atom is 0.397 e. The fraction of sp³-hybridized carbons (Fsp3) is 0.583. The van der Waals surface area contributed by atoms with E-state index in [-0.39, 0.29) is 5.88 Å². The maximum absolute atomic E-state index is 12.1. The summed E-state index contributed by atoms with van der Waals surface area (Å²) in [4.78, 5) is 26.6. The van der Waals surface area contributed by atoms with Crippen molar-refractivity contribution < 1.29 is 9.66 Å².